The van der Waals surface area contributed by atoms with Crippen LogP contribution in [0.2, 0.25) is 0 Å². The normalized spacial score (nSPS) is 10.6. The number of benzene rings is 2. The van der Waals surface area contributed by atoms with Crippen LogP contribution in [0.15, 0.2) is 48.7 Å². The predicted octanol–water partition coefficient (Wildman–Crippen LogP) is 3.39. The third-order valence-corrected chi connectivity index (χ3v) is 4.68. The average molecular weight is 377 g/mol. The van der Waals surface area contributed by atoms with E-state index in [9.17, 15) is 9.59 Å². The maximum Gasteiger partial charge on any atom is 0.254 e. The lowest BCUT2D eigenvalue weighted by Gasteiger charge is -2.20. The molecule has 3 rings (SSSR count). The number of aldehydes is 1. The Balaban J connectivity index is 1.95. The van der Waals surface area contributed by atoms with Crippen molar-refractivity contribution in [2.75, 3.05) is 33.2 Å². The van der Waals surface area contributed by atoms with Crippen LogP contribution in [0.1, 0.15) is 26.3 Å². The van der Waals surface area contributed by atoms with E-state index in [1.165, 1.54) is 7.11 Å². The number of pyridine rings is 1. The molecule has 0 saturated carbocycles. The van der Waals surface area contributed by atoms with E-state index < -0.39 is 0 Å². The van der Waals surface area contributed by atoms with Crippen LogP contribution >= 0.6 is 0 Å². The lowest BCUT2D eigenvalue weighted by molar-refractivity contribution is 0.0787. The highest BCUT2D eigenvalue weighted by molar-refractivity contribution is 6.12. The Morgan fingerprint density at radius 2 is 1.79 bits per heavy atom. The number of rotatable bonds is 6. The van der Waals surface area contributed by atoms with Gasteiger partial charge in [-0.1, -0.05) is 12.1 Å². The van der Waals surface area contributed by atoms with E-state index in [2.05, 4.69) is 4.98 Å². The van der Waals surface area contributed by atoms with Crippen LogP contribution in [0.4, 0.5) is 5.69 Å². The molecule has 0 atom stereocenters. The zero-order chi connectivity index (χ0) is 20.3. The summed E-state index contributed by atoms with van der Waals surface area (Å²) in [7, 11) is 7.25. The molecule has 0 aliphatic rings. The van der Waals surface area contributed by atoms with Crippen LogP contribution in [0, 0.1) is 0 Å². The Labute approximate surface area is 164 Å². The minimum Gasteiger partial charge on any atom is -0.494 e. The highest BCUT2D eigenvalue weighted by atomic mass is 16.5. The van der Waals surface area contributed by atoms with Gasteiger partial charge in [0.05, 0.1) is 7.11 Å². The fraction of sp³-hybridized carbons (Fsp3) is 0.227. The molecule has 0 N–H and O–H groups in total. The zero-order valence-corrected chi connectivity index (χ0v) is 16.5. The summed E-state index contributed by atoms with van der Waals surface area (Å²) < 4.78 is 5.34. The van der Waals surface area contributed by atoms with E-state index in [0.29, 0.717) is 34.3 Å². The number of hydrogen-bond acceptors (Lipinski definition) is 5. The van der Waals surface area contributed by atoms with Gasteiger partial charge in [0.25, 0.3) is 5.91 Å². The molecule has 6 heteroatoms. The summed E-state index contributed by atoms with van der Waals surface area (Å²) in [6, 6.07) is 13.0. The number of carbonyl (C=O) groups is 2. The molecule has 0 unspecified atom stereocenters. The van der Waals surface area contributed by atoms with Gasteiger partial charge in [0, 0.05) is 56.1 Å². The van der Waals surface area contributed by atoms with Gasteiger partial charge < -0.3 is 14.5 Å². The molecule has 6 nitrogen and oxygen atoms in total. The molecule has 0 aliphatic carbocycles. The lowest BCUT2D eigenvalue weighted by atomic mass is 10.0. The van der Waals surface area contributed by atoms with Crippen LogP contribution in [0.5, 0.6) is 5.75 Å². The summed E-state index contributed by atoms with van der Waals surface area (Å²) in [5, 5.41) is 0.511. The van der Waals surface area contributed by atoms with Crippen molar-refractivity contribution in [2.45, 2.75) is 6.54 Å². The predicted molar refractivity (Wildman–Crippen MR) is 110 cm³/mol. The number of amides is 1. The summed E-state index contributed by atoms with van der Waals surface area (Å²) in [6.45, 7) is 0.455. The molecule has 0 bridgehead atoms. The molecule has 144 valence electrons. The Bertz CT molecular complexity index is 1010. The summed E-state index contributed by atoms with van der Waals surface area (Å²) in [5.74, 6) is 0.345. The Morgan fingerprint density at radius 3 is 2.39 bits per heavy atom. The molecular formula is C22H23N3O3. The molecule has 28 heavy (non-hydrogen) atoms. The van der Waals surface area contributed by atoms with Crippen molar-refractivity contribution < 1.29 is 14.3 Å². The molecule has 0 radical (unpaired) electrons. The SMILES string of the molecule is COc1ccc(C(=O)N(C)Cc2ccc(N(C)C)cc2)c2c(C=O)ccnc12. The van der Waals surface area contributed by atoms with Crippen molar-refractivity contribution in [3.05, 3.63) is 65.4 Å². The van der Waals surface area contributed by atoms with Gasteiger partial charge in [-0.2, -0.15) is 0 Å². The molecule has 1 amide bonds. The van der Waals surface area contributed by atoms with Gasteiger partial charge in [-0.3, -0.25) is 14.6 Å². The first kappa shape index (κ1) is 19.4. The molecule has 0 spiro atoms. The second kappa shape index (κ2) is 8.08. The Hall–Kier alpha value is -3.41. The fourth-order valence-electron chi connectivity index (χ4n) is 3.16. The third-order valence-electron chi connectivity index (χ3n) is 4.68. The minimum atomic E-state index is -0.180. The molecule has 0 fully saturated rings. The summed E-state index contributed by atoms with van der Waals surface area (Å²) in [4.78, 5) is 32.7. The number of hydrogen-bond donors (Lipinski definition) is 0. The highest BCUT2D eigenvalue weighted by Crippen LogP contribution is 2.29. The van der Waals surface area contributed by atoms with E-state index in [-0.39, 0.29) is 5.91 Å². The number of anilines is 1. The first-order valence-corrected chi connectivity index (χ1v) is 8.89. The molecule has 1 aromatic heterocycles. The van der Waals surface area contributed by atoms with Crippen LogP contribution in [-0.2, 0) is 6.54 Å². The second-order valence-electron chi connectivity index (χ2n) is 6.78. The summed E-state index contributed by atoms with van der Waals surface area (Å²) in [5.41, 5.74) is 3.46. The number of aromatic nitrogens is 1. The van der Waals surface area contributed by atoms with E-state index in [0.717, 1.165) is 17.5 Å². The first-order valence-electron chi connectivity index (χ1n) is 8.89. The van der Waals surface area contributed by atoms with Crippen LogP contribution in [0.25, 0.3) is 10.9 Å². The molecular weight excluding hydrogens is 354 g/mol. The molecule has 3 aromatic rings. The number of fused-ring (bicyclic) bond motifs is 1. The van der Waals surface area contributed by atoms with Gasteiger partial charge in [-0.25, -0.2) is 0 Å². The van der Waals surface area contributed by atoms with E-state index in [1.54, 1.807) is 36.3 Å². The maximum atomic E-state index is 13.1. The zero-order valence-electron chi connectivity index (χ0n) is 16.5. The van der Waals surface area contributed by atoms with Gasteiger partial charge >= 0.3 is 0 Å². The Morgan fingerprint density at radius 1 is 1.07 bits per heavy atom. The van der Waals surface area contributed by atoms with E-state index in [4.69, 9.17) is 4.74 Å². The molecule has 0 aliphatic heterocycles. The molecule has 2 aromatic carbocycles. The van der Waals surface area contributed by atoms with Gasteiger partial charge in [-0.15, -0.1) is 0 Å². The first-order chi connectivity index (χ1) is 13.5. The van der Waals surface area contributed by atoms with Crippen LogP contribution in [-0.4, -0.2) is 50.3 Å². The van der Waals surface area contributed by atoms with Crippen molar-refractivity contribution in [2.24, 2.45) is 0 Å². The fourth-order valence-corrected chi connectivity index (χ4v) is 3.16. The average Bonchev–Trinajstić information content (AvgIpc) is 2.72. The Kier molecular flexibility index (Phi) is 5.59. The van der Waals surface area contributed by atoms with Crippen LogP contribution < -0.4 is 9.64 Å². The summed E-state index contributed by atoms with van der Waals surface area (Å²) in [6.07, 6.45) is 2.28. The minimum absolute atomic E-state index is 0.180. The van der Waals surface area contributed by atoms with Gasteiger partial charge in [0.15, 0.2) is 6.29 Å². The third kappa shape index (κ3) is 3.67. The monoisotopic (exact) mass is 377 g/mol. The van der Waals surface area contributed by atoms with Gasteiger partial charge in [0.1, 0.15) is 11.3 Å². The number of ether oxygens (including phenoxy) is 1. The van der Waals surface area contributed by atoms with Crippen molar-refractivity contribution in [3.63, 3.8) is 0 Å². The number of carbonyl (C=O) groups excluding carboxylic acids is 2. The highest BCUT2D eigenvalue weighted by Gasteiger charge is 2.20. The second-order valence-corrected chi connectivity index (χ2v) is 6.78. The number of nitrogens with zero attached hydrogens (tertiary/aromatic N) is 3. The topological polar surface area (TPSA) is 62.7 Å². The quantitative estimate of drug-likeness (QED) is 0.616. The molecule has 0 saturated heterocycles. The standard InChI is InChI=1S/C22H23N3O3/c1-24(2)17-7-5-15(6-8-17)13-25(3)22(27)18-9-10-19(28-4)21-20(18)16(14-26)11-12-23-21/h5-12,14H,13H2,1-4H3. The lowest BCUT2D eigenvalue weighted by Crippen LogP contribution is -2.26. The van der Waals surface area contributed by atoms with Crippen molar-refractivity contribution in [1.82, 2.24) is 9.88 Å². The van der Waals surface area contributed by atoms with Crippen LogP contribution in [0.3, 0.4) is 0 Å². The van der Waals surface area contributed by atoms with E-state index >= 15 is 0 Å². The van der Waals surface area contributed by atoms with Gasteiger partial charge in [-0.05, 0) is 35.9 Å². The molecule has 1 heterocycles. The van der Waals surface area contributed by atoms with Gasteiger partial charge in [0.2, 0.25) is 0 Å². The largest absolute Gasteiger partial charge is 0.494 e. The van der Waals surface area contributed by atoms with E-state index in [1.807, 2.05) is 43.3 Å². The van der Waals surface area contributed by atoms with Crippen molar-refractivity contribution >= 4 is 28.8 Å². The number of methoxy groups -OCH3 is 1. The maximum absolute atomic E-state index is 13.1. The van der Waals surface area contributed by atoms with Crippen molar-refractivity contribution in [3.8, 4) is 5.75 Å². The van der Waals surface area contributed by atoms with Crippen molar-refractivity contribution in [1.29, 1.82) is 0 Å². The summed E-state index contributed by atoms with van der Waals surface area (Å²) >= 11 is 0. The smallest absolute Gasteiger partial charge is 0.254 e.